The van der Waals surface area contributed by atoms with Crippen LogP contribution in [-0.2, 0) is 19.6 Å². The third-order valence-corrected chi connectivity index (χ3v) is 4.23. The Morgan fingerprint density at radius 2 is 1.73 bits per heavy atom. The minimum Gasteiger partial charge on any atom is -0.506 e. The van der Waals surface area contributed by atoms with E-state index < -0.39 is 27.5 Å². The molecule has 0 amide bonds. The number of hydrogen-bond donors (Lipinski definition) is 2. The summed E-state index contributed by atoms with van der Waals surface area (Å²) < 4.78 is 25.3. The molecule has 2 rings (SSSR count). The first-order valence-corrected chi connectivity index (χ1v) is 7.31. The van der Waals surface area contributed by atoms with Crippen molar-refractivity contribution in [2.75, 3.05) is 0 Å². The number of rotatable bonds is 5. The molecule has 0 bridgehead atoms. The number of nitrogens with zero attached hydrogens (tertiary/aromatic N) is 2. The number of aliphatic hydroxyl groups is 1. The van der Waals surface area contributed by atoms with Crippen LogP contribution in [0.5, 0.6) is 0 Å². The monoisotopic (exact) mass is 322 g/mol. The molecule has 0 aliphatic heterocycles. The van der Waals surface area contributed by atoms with Crippen molar-refractivity contribution in [2.45, 2.75) is 4.90 Å². The molecule has 2 N–H and O–H groups in total. The maximum Gasteiger partial charge on any atom is 0.376 e. The van der Waals surface area contributed by atoms with Gasteiger partial charge in [0.25, 0.3) is 15.8 Å². The van der Waals surface area contributed by atoms with Gasteiger partial charge in [-0.3, -0.25) is 4.79 Å². The third kappa shape index (κ3) is 2.88. The van der Waals surface area contributed by atoms with Crippen LogP contribution in [0.4, 0.5) is 0 Å². The lowest BCUT2D eigenvalue weighted by atomic mass is 10.3. The Balaban J connectivity index is 2.51. The van der Waals surface area contributed by atoms with Crippen LogP contribution in [0.25, 0.3) is 5.76 Å². The molecule has 1 aromatic carbocycles. The Kier molecular flexibility index (Phi) is 4.08. The number of carboxylic acids is 1. The number of aliphatic carboxylic acids is 1. The summed E-state index contributed by atoms with van der Waals surface area (Å²) in [6.07, 6.45) is 1.52. The van der Waals surface area contributed by atoms with Crippen molar-refractivity contribution < 1.29 is 28.2 Å². The first kappa shape index (κ1) is 15.4. The van der Waals surface area contributed by atoms with E-state index in [1.54, 1.807) is 6.07 Å². The second-order valence-electron chi connectivity index (χ2n) is 4.08. The molecule has 0 fully saturated rings. The highest BCUT2D eigenvalue weighted by Gasteiger charge is 2.23. The van der Waals surface area contributed by atoms with Crippen molar-refractivity contribution in [3.63, 3.8) is 0 Å². The minimum atomic E-state index is -4.08. The zero-order chi connectivity index (χ0) is 16.3. The smallest absolute Gasteiger partial charge is 0.376 e. The summed E-state index contributed by atoms with van der Waals surface area (Å²) in [4.78, 5) is 21.5. The Hall–Kier alpha value is -2.94. The second kappa shape index (κ2) is 5.82. The molecule has 0 aliphatic rings. The lowest BCUT2D eigenvalue weighted by molar-refractivity contribution is -0.146. The van der Waals surface area contributed by atoms with Crippen LogP contribution < -0.4 is 0 Å². The zero-order valence-corrected chi connectivity index (χ0v) is 11.8. The van der Waals surface area contributed by atoms with Crippen LogP contribution >= 0.6 is 0 Å². The number of carbonyl (C=O) groups excluding carboxylic acids is 1. The van der Waals surface area contributed by atoms with Crippen molar-refractivity contribution in [2.24, 2.45) is 0 Å². The van der Waals surface area contributed by atoms with Crippen LogP contribution in [0.1, 0.15) is 5.69 Å². The Bertz CT molecular complexity index is 852. The van der Waals surface area contributed by atoms with E-state index in [1.165, 1.54) is 24.3 Å². The van der Waals surface area contributed by atoms with E-state index in [0.717, 1.165) is 12.3 Å². The molecule has 1 heterocycles. The number of carboxylic acid groups (broad SMARTS) is 1. The van der Waals surface area contributed by atoms with Gasteiger partial charge in [0.2, 0.25) is 0 Å². The van der Waals surface area contributed by atoms with Crippen LogP contribution in [0.15, 0.2) is 53.6 Å². The van der Waals surface area contributed by atoms with E-state index in [0.29, 0.717) is 10.2 Å². The molecule has 0 saturated carbocycles. The molecule has 2 aromatic rings. The van der Waals surface area contributed by atoms with Crippen molar-refractivity contribution in [1.29, 1.82) is 0 Å². The van der Waals surface area contributed by atoms with Crippen molar-refractivity contribution in [3.05, 3.63) is 54.4 Å². The van der Waals surface area contributed by atoms with E-state index in [2.05, 4.69) is 5.10 Å². The maximum absolute atomic E-state index is 12.4. The summed E-state index contributed by atoms with van der Waals surface area (Å²) in [7, 11) is -4.08. The Morgan fingerprint density at radius 1 is 1.09 bits per heavy atom. The van der Waals surface area contributed by atoms with E-state index in [4.69, 9.17) is 5.11 Å². The molecular formula is C13H10N2O6S. The van der Waals surface area contributed by atoms with Gasteiger partial charge in [-0.25, -0.2) is 4.79 Å². The molecule has 9 heteroatoms. The molecule has 0 atom stereocenters. The van der Waals surface area contributed by atoms with Crippen molar-refractivity contribution in [1.82, 2.24) is 9.19 Å². The zero-order valence-electron chi connectivity index (χ0n) is 10.9. The molecule has 0 spiro atoms. The van der Waals surface area contributed by atoms with Gasteiger partial charge in [-0.1, -0.05) is 18.2 Å². The molecule has 0 saturated heterocycles. The van der Waals surface area contributed by atoms with Gasteiger partial charge in [-0.2, -0.15) is 13.5 Å². The summed E-state index contributed by atoms with van der Waals surface area (Å²) in [5.74, 6) is -3.98. The summed E-state index contributed by atoms with van der Waals surface area (Å²) in [5, 5.41) is 21.9. The SMILES string of the molecule is O=C(O)C(=O)C=C(O)c1ccnn1S(=O)(=O)c1ccccc1. The Labute approximate surface area is 125 Å². The van der Waals surface area contributed by atoms with E-state index in [9.17, 15) is 23.1 Å². The van der Waals surface area contributed by atoms with Gasteiger partial charge >= 0.3 is 5.97 Å². The molecule has 0 aliphatic carbocycles. The first-order chi connectivity index (χ1) is 10.3. The molecule has 1 aromatic heterocycles. The van der Waals surface area contributed by atoms with E-state index >= 15 is 0 Å². The summed E-state index contributed by atoms with van der Waals surface area (Å²) in [5.41, 5.74) is -0.321. The minimum absolute atomic E-state index is 0.0719. The molecule has 22 heavy (non-hydrogen) atoms. The van der Waals surface area contributed by atoms with Gasteiger partial charge in [-0.05, 0) is 18.2 Å². The summed E-state index contributed by atoms with van der Waals surface area (Å²) in [6, 6.07) is 8.47. The second-order valence-corrected chi connectivity index (χ2v) is 5.84. The topological polar surface area (TPSA) is 127 Å². The Morgan fingerprint density at radius 3 is 2.32 bits per heavy atom. The molecule has 114 valence electrons. The molecule has 8 nitrogen and oxygen atoms in total. The average molecular weight is 322 g/mol. The van der Waals surface area contributed by atoms with Gasteiger partial charge in [0, 0.05) is 6.08 Å². The maximum atomic E-state index is 12.4. The third-order valence-electron chi connectivity index (χ3n) is 2.62. The number of hydrogen-bond acceptors (Lipinski definition) is 6. The van der Waals surface area contributed by atoms with E-state index in [-0.39, 0.29) is 10.6 Å². The average Bonchev–Trinajstić information content (AvgIpc) is 2.98. The van der Waals surface area contributed by atoms with Gasteiger partial charge in [0.15, 0.2) is 0 Å². The fraction of sp³-hybridized carbons (Fsp3) is 0. The molecule has 0 unspecified atom stereocenters. The van der Waals surface area contributed by atoms with Gasteiger partial charge in [-0.15, -0.1) is 4.09 Å². The highest BCUT2D eigenvalue weighted by atomic mass is 32.2. The summed E-state index contributed by atoms with van der Waals surface area (Å²) >= 11 is 0. The number of aliphatic hydroxyl groups excluding tert-OH is 1. The normalized spacial score (nSPS) is 12.1. The van der Waals surface area contributed by atoms with Crippen LogP contribution in [0.3, 0.4) is 0 Å². The lowest BCUT2D eigenvalue weighted by Gasteiger charge is -2.08. The largest absolute Gasteiger partial charge is 0.506 e. The standard InChI is InChI=1S/C13H10N2O6S/c16-11(8-12(17)13(18)19)10-6-7-14-15(10)22(20,21)9-4-2-1-3-5-9/h1-8,16H,(H,18,19). The number of aromatic nitrogens is 2. The number of benzene rings is 1. The summed E-state index contributed by atoms with van der Waals surface area (Å²) in [6.45, 7) is 0. The quantitative estimate of drug-likeness (QED) is 0.470. The van der Waals surface area contributed by atoms with Gasteiger partial charge in [0.05, 0.1) is 11.1 Å². The highest BCUT2D eigenvalue weighted by molar-refractivity contribution is 7.89. The van der Waals surface area contributed by atoms with Crippen molar-refractivity contribution in [3.8, 4) is 0 Å². The van der Waals surface area contributed by atoms with Gasteiger partial charge in [0.1, 0.15) is 11.5 Å². The van der Waals surface area contributed by atoms with Crippen LogP contribution in [-0.4, -0.2) is 39.6 Å². The van der Waals surface area contributed by atoms with Gasteiger partial charge < -0.3 is 10.2 Å². The first-order valence-electron chi connectivity index (χ1n) is 5.87. The fourth-order valence-electron chi connectivity index (χ4n) is 1.62. The predicted octanol–water partition coefficient (Wildman–Crippen LogP) is 0.673. The predicted molar refractivity (Wildman–Crippen MR) is 74.5 cm³/mol. The van der Waals surface area contributed by atoms with Crippen molar-refractivity contribution >= 4 is 27.5 Å². The fourth-order valence-corrected chi connectivity index (χ4v) is 2.91. The van der Waals surface area contributed by atoms with Crippen LogP contribution in [0.2, 0.25) is 0 Å². The van der Waals surface area contributed by atoms with E-state index in [1.807, 2.05) is 0 Å². The van der Waals surface area contributed by atoms with Crippen LogP contribution in [0, 0.1) is 0 Å². The lowest BCUT2D eigenvalue weighted by Crippen LogP contribution is -2.17. The molecular weight excluding hydrogens is 312 g/mol. The molecule has 0 radical (unpaired) electrons. The highest BCUT2D eigenvalue weighted by Crippen LogP contribution is 2.18. The number of ketones is 1. The number of carbonyl (C=O) groups is 2.